The average Bonchev–Trinajstić information content (AvgIpc) is 2.72. The van der Waals surface area contributed by atoms with Gasteiger partial charge in [-0.3, -0.25) is 19.4 Å². The zero-order valence-corrected chi connectivity index (χ0v) is 15.5. The van der Waals surface area contributed by atoms with Gasteiger partial charge in [-0.1, -0.05) is 12.1 Å². The molecule has 154 valence electrons. The van der Waals surface area contributed by atoms with Crippen molar-refractivity contribution in [3.63, 3.8) is 0 Å². The van der Waals surface area contributed by atoms with Crippen LogP contribution in [0.15, 0.2) is 42.7 Å². The Bertz CT molecular complexity index is 898. The number of nitrogens with one attached hydrogen (secondary N) is 1. The van der Waals surface area contributed by atoms with Crippen LogP contribution in [-0.2, 0) is 15.8 Å². The number of aliphatic hydroxyl groups is 1. The molecule has 2 rings (SSSR count). The van der Waals surface area contributed by atoms with Crippen molar-refractivity contribution < 1.29 is 32.7 Å². The Balaban J connectivity index is 2.28. The minimum absolute atomic E-state index is 0.107. The minimum atomic E-state index is -4.53. The normalized spacial score (nSPS) is 12.2. The van der Waals surface area contributed by atoms with E-state index in [2.05, 4.69) is 10.3 Å². The molecule has 0 radical (unpaired) electrons. The molecule has 0 aliphatic rings. The molecule has 29 heavy (non-hydrogen) atoms. The number of aliphatic hydroxyl groups excluding tert-OH is 1. The van der Waals surface area contributed by atoms with Crippen LogP contribution in [0.4, 0.5) is 13.2 Å². The molecule has 1 heterocycles. The second-order valence-electron chi connectivity index (χ2n) is 6.09. The van der Waals surface area contributed by atoms with Gasteiger partial charge in [0.25, 0.3) is 5.91 Å². The summed E-state index contributed by atoms with van der Waals surface area (Å²) in [7, 11) is 2.52. The van der Waals surface area contributed by atoms with Crippen molar-refractivity contribution in [1.29, 1.82) is 0 Å². The van der Waals surface area contributed by atoms with Crippen molar-refractivity contribution in [1.82, 2.24) is 15.2 Å². The number of ketones is 1. The molecule has 2 amide bonds. The van der Waals surface area contributed by atoms with E-state index in [1.165, 1.54) is 44.6 Å². The maximum Gasteiger partial charge on any atom is 0.417 e. The molecule has 1 unspecified atom stereocenters. The standard InChI is InChI=1S/C19H18F3N3O4/c1-23-17(28)16(15(27)10-26)25(2)18(29)12-5-3-11(4-6-12)13-7-14(9-24-8-13)19(20,21)22/h3-9,16,26H,10H2,1-2H3,(H,23,28). The van der Waals surface area contributed by atoms with E-state index in [0.29, 0.717) is 11.8 Å². The number of hydrogen-bond acceptors (Lipinski definition) is 5. The van der Waals surface area contributed by atoms with Crippen LogP contribution in [0.25, 0.3) is 11.1 Å². The number of benzene rings is 1. The van der Waals surface area contributed by atoms with E-state index >= 15 is 0 Å². The van der Waals surface area contributed by atoms with Gasteiger partial charge in [0.15, 0.2) is 11.8 Å². The van der Waals surface area contributed by atoms with Gasteiger partial charge in [0.2, 0.25) is 5.91 Å². The van der Waals surface area contributed by atoms with Crippen LogP contribution in [0.3, 0.4) is 0 Å². The lowest BCUT2D eigenvalue weighted by Gasteiger charge is -2.25. The van der Waals surface area contributed by atoms with E-state index in [-0.39, 0.29) is 11.1 Å². The number of alkyl halides is 3. The first-order valence-corrected chi connectivity index (χ1v) is 8.35. The average molecular weight is 409 g/mol. The van der Waals surface area contributed by atoms with E-state index in [0.717, 1.165) is 11.0 Å². The molecule has 0 aliphatic heterocycles. The smallest absolute Gasteiger partial charge is 0.388 e. The second-order valence-corrected chi connectivity index (χ2v) is 6.09. The molecule has 0 saturated heterocycles. The summed E-state index contributed by atoms with van der Waals surface area (Å²) in [5.74, 6) is -2.28. The second kappa shape index (κ2) is 8.82. The van der Waals surface area contributed by atoms with Crippen LogP contribution in [0.5, 0.6) is 0 Å². The summed E-state index contributed by atoms with van der Waals surface area (Å²) < 4.78 is 38.5. The molecule has 0 aliphatic carbocycles. The number of halogens is 3. The number of carbonyl (C=O) groups excluding carboxylic acids is 3. The molecule has 1 aromatic heterocycles. The Morgan fingerprint density at radius 2 is 1.76 bits per heavy atom. The molecular weight excluding hydrogens is 391 g/mol. The third-order valence-electron chi connectivity index (χ3n) is 4.19. The lowest BCUT2D eigenvalue weighted by Crippen LogP contribution is -2.52. The summed E-state index contributed by atoms with van der Waals surface area (Å²) in [6.45, 7) is -0.919. The Hall–Kier alpha value is -3.27. The van der Waals surface area contributed by atoms with E-state index in [4.69, 9.17) is 5.11 Å². The SMILES string of the molecule is CNC(=O)C(C(=O)CO)N(C)C(=O)c1ccc(-c2cncc(C(F)(F)F)c2)cc1. The number of nitrogens with zero attached hydrogens (tertiary/aromatic N) is 2. The summed E-state index contributed by atoms with van der Waals surface area (Å²) in [6, 6.07) is 5.02. The quantitative estimate of drug-likeness (QED) is 0.705. The van der Waals surface area contributed by atoms with Crippen molar-refractivity contribution in [3.8, 4) is 11.1 Å². The van der Waals surface area contributed by atoms with Crippen molar-refractivity contribution in [2.75, 3.05) is 20.7 Å². The van der Waals surface area contributed by atoms with Gasteiger partial charge in [-0.05, 0) is 23.8 Å². The predicted molar refractivity (Wildman–Crippen MR) is 96.7 cm³/mol. The van der Waals surface area contributed by atoms with Gasteiger partial charge in [-0.25, -0.2) is 0 Å². The van der Waals surface area contributed by atoms with Crippen LogP contribution in [0.2, 0.25) is 0 Å². The summed E-state index contributed by atoms with van der Waals surface area (Å²) in [5.41, 5.74) is -0.176. The Morgan fingerprint density at radius 1 is 1.14 bits per heavy atom. The molecule has 10 heteroatoms. The topological polar surface area (TPSA) is 99.6 Å². The molecular formula is C19H18F3N3O4. The number of amides is 2. The molecule has 1 atom stereocenters. The predicted octanol–water partition coefficient (Wildman–Crippen LogP) is 1.52. The van der Waals surface area contributed by atoms with Crippen LogP contribution in [0.1, 0.15) is 15.9 Å². The summed E-state index contributed by atoms with van der Waals surface area (Å²) in [6.07, 6.45) is -2.55. The van der Waals surface area contributed by atoms with Crippen molar-refractivity contribution in [3.05, 3.63) is 53.9 Å². The molecule has 0 bridgehead atoms. The number of carbonyl (C=O) groups is 3. The van der Waals surface area contributed by atoms with E-state index in [1.807, 2.05) is 0 Å². The molecule has 2 N–H and O–H groups in total. The lowest BCUT2D eigenvalue weighted by molar-refractivity contribution is -0.138. The number of aromatic nitrogens is 1. The maximum absolute atomic E-state index is 12.8. The largest absolute Gasteiger partial charge is 0.417 e. The third kappa shape index (κ3) is 4.96. The maximum atomic E-state index is 12.8. The highest BCUT2D eigenvalue weighted by Gasteiger charge is 2.33. The first kappa shape index (κ1) is 22.0. The monoisotopic (exact) mass is 409 g/mol. The molecule has 7 nitrogen and oxygen atoms in total. The van der Waals surface area contributed by atoms with Crippen molar-refractivity contribution >= 4 is 17.6 Å². The van der Waals surface area contributed by atoms with Crippen LogP contribution in [-0.4, -0.2) is 59.3 Å². The number of Topliss-reactive ketones (excluding diaryl/α,β-unsaturated/α-hetero) is 1. The van der Waals surface area contributed by atoms with E-state index in [9.17, 15) is 27.6 Å². The number of pyridine rings is 1. The van der Waals surface area contributed by atoms with Crippen LogP contribution >= 0.6 is 0 Å². The lowest BCUT2D eigenvalue weighted by atomic mass is 10.0. The van der Waals surface area contributed by atoms with Gasteiger partial charge in [0, 0.05) is 37.6 Å². The molecule has 0 saturated carbocycles. The molecule has 0 fully saturated rings. The zero-order valence-electron chi connectivity index (χ0n) is 15.5. The van der Waals surface area contributed by atoms with Crippen molar-refractivity contribution in [2.24, 2.45) is 0 Å². The first-order chi connectivity index (χ1) is 13.6. The first-order valence-electron chi connectivity index (χ1n) is 8.35. The van der Waals surface area contributed by atoms with Gasteiger partial charge in [0.1, 0.15) is 6.61 Å². The molecule has 1 aromatic carbocycles. The zero-order chi connectivity index (χ0) is 21.8. The minimum Gasteiger partial charge on any atom is -0.388 e. The summed E-state index contributed by atoms with van der Waals surface area (Å²) in [5, 5.41) is 11.3. The number of rotatable bonds is 6. The fraction of sp³-hybridized carbons (Fsp3) is 0.263. The van der Waals surface area contributed by atoms with Gasteiger partial charge in [-0.2, -0.15) is 13.2 Å². The highest BCUT2D eigenvalue weighted by Crippen LogP contribution is 2.31. The molecule has 2 aromatic rings. The highest BCUT2D eigenvalue weighted by molar-refractivity contribution is 6.10. The van der Waals surface area contributed by atoms with E-state index < -0.39 is 42.0 Å². The number of likely N-dealkylation sites (N-methyl/N-ethyl adjacent to an activating group) is 2. The molecule has 0 spiro atoms. The fourth-order valence-electron chi connectivity index (χ4n) is 2.64. The summed E-state index contributed by atoms with van der Waals surface area (Å²) in [4.78, 5) is 40.8. The van der Waals surface area contributed by atoms with E-state index in [1.54, 1.807) is 0 Å². The van der Waals surface area contributed by atoms with Crippen molar-refractivity contribution in [2.45, 2.75) is 12.2 Å². The van der Waals surface area contributed by atoms with Gasteiger partial charge in [-0.15, -0.1) is 0 Å². The fourth-order valence-corrected chi connectivity index (χ4v) is 2.64. The van der Waals surface area contributed by atoms with Gasteiger partial charge >= 0.3 is 6.18 Å². The van der Waals surface area contributed by atoms with Gasteiger partial charge in [0.05, 0.1) is 5.56 Å². The summed E-state index contributed by atoms with van der Waals surface area (Å²) >= 11 is 0. The van der Waals surface area contributed by atoms with Gasteiger partial charge < -0.3 is 15.3 Å². The number of hydrogen-bond donors (Lipinski definition) is 2. The Kier molecular flexibility index (Phi) is 6.70. The Labute approximate surface area is 164 Å². The third-order valence-corrected chi connectivity index (χ3v) is 4.19. The van der Waals surface area contributed by atoms with Crippen LogP contribution in [0, 0.1) is 0 Å². The highest BCUT2D eigenvalue weighted by atomic mass is 19.4. The van der Waals surface area contributed by atoms with Crippen LogP contribution < -0.4 is 5.32 Å². The Morgan fingerprint density at radius 3 is 2.28 bits per heavy atom.